The predicted molar refractivity (Wildman–Crippen MR) is 75.8 cm³/mol. The van der Waals surface area contributed by atoms with Crippen LogP contribution in [0.2, 0.25) is 0 Å². The standard InChI is InChI=1S/C13H12Br2O3/c1-17-9-4-2-3-8(5-9)6-11(16)12-7-10(14)13(15)18-12/h2-5,7,11,16H,6H2,1H3. The van der Waals surface area contributed by atoms with Gasteiger partial charge in [-0.25, -0.2) is 0 Å². The lowest BCUT2D eigenvalue weighted by atomic mass is 10.1. The Morgan fingerprint density at radius 2 is 2.11 bits per heavy atom. The van der Waals surface area contributed by atoms with Crippen LogP contribution in [0.5, 0.6) is 5.75 Å². The van der Waals surface area contributed by atoms with Crippen LogP contribution in [0.25, 0.3) is 0 Å². The molecule has 1 aromatic heterocycles. The number of methoxy groups -OCH3 is 1. The van der Waals surface area contributed by atoms with Crippen LogP contribution in [0.1, 0.15) is 17.4 Å². The smallest absolute Gasteiger partial charge is 0.183 e. The molecule has 0 saturated heterocycles. The summed E-state index contributed by atoms with van der Waals surface area (Å²) in [6, 6.07) is 9.37. The van der Waals surface area contributed by atoms with Gasteiger partial charge in [-0.15, -0.1) is 0 Å². The highest BCUT2D eigenvalue weighted by Crippen LogP contribution is 2.31. The molecule has 0 aliphatic rings. The molecular weight excluding hydrogens is 364 g/mol. The molecule has 1 aromatic carbocycles. The molecule has 0 radical (unpaired) electrons. The molecule has 1 N–H and O–H groups in total. The fourth-order valence-electron chi connectivity index (χ4n) is 1.65. The molecule has 1 unspecified atom stereocenters. The number of ether oxygens (including phenoxy) is 1. The largest absolute Gasteiger partial charge is 0.497 e. The number of rotatable bonds is 4. The average molecular weight is 376 g/mol. The molecule has 1 heterocycles. The van der Waals surface area contributed by atoms with Gasteiger partial charge in [-0.1, -0.05) is 12.1 Å². The second-order valence-corrected chi connectivity index (χ2v) is 5.42. The summed E-state index contributed by atoms with van der Waals surface area (Å²) in [5.74, 6) is 1.30. The van der Waals surface area contributed by atoms with E-state index in [9.17, 15) is 5.11 Å². The Balaban J connectivity index is 2.13. The van der Waals surface area contributed by atoms with Crippen LogP contribution in [-0.4, -0.2) is 12.2 Å². The molecule has 0 saturated carbocycles. The minimum atomic E-state index is -0.681. The highest BCUT2D eigenvalue weighted by molar-refractivity contribution is 9.13. The van der Waals surface area contributed by atoms with Crippen molar-refractivity contribution in [2.75, 3.05) is 7.11 Å². The lowest BCUT2D eigenvalue weighted by Crippen LogP contribution is -2.00. The summed E-state index contributed by atoms with van der Waals surface area (Å²) in [6.07, 6.45) is -0.205. The molecule has 3 nitrogen and oxygen atoms in total. The molecule has 2 aromatic rings. The third kappa shape index (κ3) is 3.16. The van der Waals surface area contributed by atoms with E-state index >= 15 is 0 Å². The molecule has 1 atom stereocenters. The van der Waals surface area contributed by atoms with E-state index in [0.717, 1.165) is 15.8 Å². The van der Waals surface area contributed by atoms with Gasteiger partial charge in [0.25, 0.3) is 0 Å². The summed E-state index contributed by atoms with van der Waals surface area (Å²) < 4.78 is 11.9. The maximum atomic E-state index is 10.1. The van der Waals surface area contributed by atoms with E-state index in [1.54, 1.807) is 13.2 Å². The molecule has 0 amide bonds. The zero-order valence-corrected chi connectivity index (χ0v) is 12.9. The summed E-state index contributed by atoms with van der Waals surface area (Å²) >= 11 is 6.57. The number of hydrogen-bond acceptors (Lipinski definition) is 3. The van der Waals surface area contributed by atoms with Gasteiger partial charge in [0.2, 0.25) is 0 Å². The highest BCUT2D eigenvalue weighted by Gasteiger charge is 2.15. The van der Waals surface area contributed by atoms with Crippen LogP contribution in [0.15, 0.2) is 43.9 Å². The summed E-state index contributed by atoms with van der Waals surface area (Å²) in [4.78, 5) is 0. The number of hydrogen-bond donors (Lipinski definition) is 1. The first-order valence-electron chi connectivity index (χ1n) is 5.36. The molecule has 5 heteroatoms. The first-order valence-corrected chi connectivity index (χ1v) is 6.94. The van der Waals surface area contributed by atoms with Crippen molar-refractivity contribution in [2.24, 2.45) is 0 Å². The molecule has 0 spiro atoms. The van der Waals surface area contributed by atoms with Crippen molar-refractivity contribution in [3.8, 4) is 5.75 Å². The average Bonchev–Trinajstić information content (AvgIpc) is 2.70. The fraction of sp³-hybridized carbons (Fsp3) is 0.231. The van der Waals surface area contributed by atoms with E-state index < -0.39 is 6.10 Å². The van der Waals surface area contributed by atoms with Crippen molar-refractivity contribution in [3.63, 3.8) is 0 Å². The molecule has 0 bridgehead atoms. The molecule has 0 fully saturated rings. The summed E-state index contributed by atoms with van der Waals surface area (Å²) in [6.45, 7) is 0. The molecule has 18 heavy (non-hydrogen) atoms. The van der Waals surface area contributed by atoms with E-state index in [1.807, 2.05) is 24.3 Å². The molecule has 0 aliphatic carbocycles. The predicted octanol–water partition coefficient (Wildman–Crippen LogP) is 4.09. The molecule has 0 aliphatic heterocycles. The fourth-order valence-corrected chi connectivity index (χ4v) is 2.26. The van der Waals surface area contributed by atoms with Crippen LogP contribution >= 0.6 is 31.9 Å². The SMILES string of the molecule is COc1cccc(CC(O)c2cc(Br)c(Br)o2)c1. The summed E-state index contributed by atoms with van der Waals surface area (Å²) in [5.41, 5.74) is 0.991. The second-order valence-electron chi connectivity index (χ2n) is 3.84. The van der Waals surface area contributed by atoms with Crippen molar-refractivity contribution in [3.05, 3.63) is 50.8 Å². The second kappa shape index (κ2) is 5.91. The number of aliphatic hydroxyl groups is 1. The number of halogens is 2. The van der Waals surface area contributed by atoms with E-state index in [0.29, 0.717) is 16.9 Å². The Bertz CT molecular complexity index is 517. The van der Waals surface area contributed by atoms with Gasteiger partial charge in [-0.3, -0.25) is 0 Å². The molecule has 96 valence electrons. The van der Waals surface area contributed by atoms with Crippen LogP contribution in [-0.2, 0) is 6.42 Å². The minimum absolute atomic E-state index is 0.476. The van der Waals surface area contributed by atoms with Crippen molar-refractivity contribution >= 4 is 31.9 Å². The lowest BCUT2D eigenvalue weighted by Gasteiger charge is -2.08. The van der Waals surface area contributed by atoms with E-state index in [2.05, 4.69) is 31.9 Å². The zero-order valence-electron chi connectivity index (χ0n) is 9.69. The first kappa shape index (κ1) is 13.6. The number of benzene rings is 1. The third-order valence-electron chi connectivity index (χ3n) is 2.56. The zero-order chi connectivity index (χ0) is 13.1. The van der Waals surface area contributed by atoms with Gasteiger partial charge in [0, 0.05) is 6.42 Å². The quantitative estimate of drug-likeness (QED) is 0.875. The Morgan fingerprint density at radius 1 is 1.33 bits per heavy atom. The van der Waals surface area contributed by atoms with Gasteiger partial charge < -0.3 is 14.3 Å². The number of furan rings is 1. The normalized spacial score (nSPS) is 12.4. The Hall–Kier alpha value is -0.780. The van der Waals surface area contributed by atoms with Crippen molar-refractivity contribution in [1.29, 1.82) is 0 Å². The summed E-state index contributed by atoms with van der Waals surface area (Å²) in [5, 5.41) is 10.1. The van der Waals surface area contributed by atoms with Gasteiger partial charge in [0.15, 0.2) is 4.67 Å². The minimum Gasteiger partial charge on any atom is -0.497 e. The lowest BCUT2D eigenvalue weighted by molar-refractivity contribution is 0.148. The highest BCUT2D eigenvalue weighted by atomic mass is 79.9. The van der Waals surface area contributed by atoms with Crippen LogP contribution in [0, 0.1) is 0 Å². The molecular formula is C13H12Br2O3. The van der Waals surface area contributed by atoms with E-state index in [4.69, 9.17) is 9.15 Å². The topological polar surface area (TPSA) is 42.6 Å². The van der Waals surface area contributed by atoms with E-state index in [1.165, 1.54) is 0 Å². The van der Waals surface area contributed by atoms with Gasteiger partial charge >= 0.3 is 0 Å². The van der Waals surface area contributed by atoms with Crippen LogP contribution in [0.4, 0.5) is 0 Å². The third-order valence-corrected chi connectivity index (χ3v) is 4.27. The number of aliphatic hydroxyl groups excluding tert-OH is 1. The Morgan fingerprint density at radius 3 is 2.72 bits per heavy atom. The Kier molecular flexibility index (Phi) is 4.48. The van der Waals surface area contributed by atoms with Gasteiger partial charge in [-0.05, 0) is 55.6 Å². The van der Waals surface area contributed by atoms with Crippen molar-refractivity contribution in [2.45, 2.75) is 12.5 Å². The van der Waals surface area contributed by atoms with E-state index in [-0.39, 0.29) is 0 Å². The first-order chi connectivity index (χ1) is 8.60. The Labute approximate surface area is 122 Å². The van der Waals surface area contributed by atoms with Gasteiger partial charge in [-0.2, -0.15) is 0 Å². The van der Waals surface area contributed by atoms with Crippen molar-refractivity contribution < 1.29 is 14.3 Å². The molecule has 2 rings (SSSR count). The van der Waals surface area contributed by atoms with Crippen molar-refractivity contribution in [1.82, 2.24) is 0 Å². The van der Waals surface area contributed by atoms with Gasteiger partial charge in [0.05, 0.1) is 11.6 Å². The van der Waals surface area contributed by atoms with Crippen LogP contribution in [0.3, 0.4) is 0 Å². The maximum absolute atomic E-state index is 10.1. The summed E-state index contributed by atoms with van der Waals surface area (Å²) in [7, 11) is 1.62. The van der Waals surface area contributed by atoms with Gasteiger partial charge in [0.1, 0.15) is 17.6 Å². The monoisotopic (exact) mass is 374 g/mol. The van der Waals surface area contributed by atoms with Crippen LogP contribution < -0.4 is 4.74 Å². The maximum Gasteiger partial charge on any atom is 0.183 e.